The molecule has 5 rings (SSSR count). The lowest BCUT2D eigenvalue weighted by Gasteiger charge is -2.20. The number of hydrogen-bond donors (Lipinski definition) is 0. The number of carbonyl (C=O) groups excluding carboxylic acids is 2. The number of non-ortho nitro benzene ring substituents is 2. The molecule has 8 heteroatoms. The van der Waals surface area contributed by atoms with Crippen LogP contribution in [0.1, 0.15) is 54.1 Å². The lowest BCUT2D eigenvalue weighted by atomic mass is 9.79. The third-order valence-corrected chi connectivity index (χ3v) is 6.26. The van der Waals surface area contributed by atoms with Crippen LogP contribution in [0.3, 0.4) is 0 Å². The minimum atomic E-state index is -0.474. The van der Waals surface area contributed by atoms with Gasteiger partial charge in [-0.15, -0.1) is 0 Å². The number of carbonyl (C=O) groups is 2. The summed E-state index contributed by atoms with van der Waals surface area (Å²) in [6.45, 7) is 0. The molecule has 0 fully saturated rings. The molecule has 0 radical (unpaired) electrons. The second kappa shape index (κ2) is 9.87. The smallest absolute Gasteiger partial charge is 0.269 e. The zero-order chi connectivity index (χ0) is 26.8. The number of fused-ring (bicyclic) bond motifs is 2. The minimum absolute atomic E-state index is 0.0185. The fraction of sp³-hybridized carbons (Fsp3) is 0. The Kier molecular flexibility index (Phi) is 6.28. The van der Waals surface area contributed by atoms with E-state index in [2.05, 4.69) is 0 Å². The van der Waals surface area contributed by atoms with Crippen LogP contribution in [0.4, 0.5) is 11.4 Å². The predicted molar refractivity (Wildman–Crippen MR) is 144 cm³/mol. The van der Waals surface area contributed by atoms with Gasteiger partial charge in [-0.1, -0.05) is 60.7 Å². The van der Waals surface area contributed by atoms with Crippen LogP contribution in [0.15, 0.2) is 84.9 Å². The molecular formula is C30H18N2O6. The zero-order valence-corrected chi connectivity index (χ0v) is 19.7. The summed E-state index contributed by atoms with van der Waals surface area (Å²) in [4.78, 5) is 48.0. The highest BCUT2D eigenvalue weighted by Gasteiger charge is 2.32. The number of rotatable bonds is 6. The van der Waals surface area contributed by atoms with Gasteiger partial charge in [-0.2, -0.15) is 0 Å². The fourth-order valence-electron chi connectivity index (χ4n) is 4.36. The lowest BCUT2D eigenvalue weighted by molar-refractivity contribution is -0.385. The van der Waals surface area contributed by atoms with E-state index in [1.165, 1.54) is 24.3 Å². The molecule has 0 heterocycles. The number of benzene rings is 4. The number of ketones is 2. The normalized spacial score (nSPS) is 12.5. The molecule has 8 nitrogen and oxygen atoms in total. The van der Waals surface area contributed by atoms with E-state index in [-0.39, 0.29) is 22.9 Å². The third kappa shape index (κ3) is 4.54. The van der Waals surface area contributed by atoms with Gasteiger partial charge < -0.3 is 0 Å². The molecule has 1 aliphatic carbocycles. The molecule has 0 spiro atoms. The van der Waals surface area contributed by atoms with Gasteiger partial charge in [0.05, 0.1) is 9.85 Å². The Bertz CT molecular complexity index is 1560. The maximum Gasteiger partial charge on any atom is 0.269 e. The van der Waals surface area contributed by atoms with Gasteiger partial charge in [0.25, 0.3) is 11.4 Å². The van der Waals surface area contributed by atoms with Gasteiger partial charge in [0.2, 0.25) is 0 Å². The molecule has 1 aliphatic rings. The molecular weight excluding hydrogens is 484 g/mol. The minimum Gasteiger partial charge on any atom is -0.289 e. The zero-order valence-electron chi connectivity index (χ0n) is 19.7. The summed E-state index contributed by atoms with van der Waals surface area (Å²) in [6, 6.07) is 22.2. The van der Waals surface area contributed by atoms with E-state index in [0.29, 0.717) is 44.5 Å². The second-order valence-electron chi connectivity index (χ2n) is 8.56. The van der Waals surface area contributed by atoms with Crippen molar-refractivity contribution in [3.63, 3.8) is 0 Å². The van der Waals surface area contributed by atoms with Crippen molar-refractivity contribution >= 4 is 47.2 Å². The largest absolute Gasteiger partial charge is 0.289 e. The molecule has 0 unspecified atom stereocenters. The molecule has 0 aromatic heterocycles. The summed E-state index contributed by atoms with van der Waals surface area (Å²) in [5.74, 6) is -0.548. The van der Waals surface area contributed by atoms with Crippen molar-refractivity contribution in [1.82, 2.24) is 0 Å². The predicted octanol–water partition coefficient (Wildman–Crippen LogP) is 6.62. The number of nitrogens with zero attached hydrogens (tertiary/aromatic N) is 2. The van der Waals surface area contributed by atoms with E-state index in [1.807, 2.05) is 0 Å². The maximum atomic E-state index is 13.6. The second-order valence-corrected chi connectivity index (χ2v) is 8.56. The van der Waals surface area contributed by atoms with Crippen LogP contribution in [0.2, 0.25) is 0 Å². The van der Waals surface area contributed by atoms with Gasteiger partial charge in [-0.3, -0.25) is 29.8 Å². The van der Waals surface area contributed by atoms with Gasteiger partial charge >= 0.3 is 0 Å². The number of hydrogen-bond acceptors (Lipinski definition) is 6. The van der Waals surface area contributed by atoms with E-state index in [4.69, 9.17) is 0 Å². The van der Waals surface area contributed by atoms with Gasteiger partial charge in [-0.25, -0.2) is 0 Å². The Hall–Kier alpha value is -5.50. The van der Waals surface area contributed by atoms with E-state index in [1.54, 1.807) is 85.0 Å². The van der Waals surface area contributed by atoms with Gasteiger partial charge in [-0.05, 0) is 46.5 Å². The van der Waals surface area contributed by atoms with Gasteiger partial charge in [0.1, 0.15) is 0 Å². The Labute approximate surface area is 216 Å². The fourth-order valence-corrected chi connectivity index (χ4v) is 4.36. The first-order chi connectivity index (χ1) is 18.3. The van der Waals surface area contributed by atoms with Crippen molar-refractivity contribution in [2.24, 2.45) is 0 Å². The van der Waals surface area contributed by atoms with E-state index in [9.17, 15) is 29.8 Å². The van der Waals surface area contributed by atoms with Crippen LogP contribution < -0.4 is 0 Å². The average molecular weight is 502 g/mol. The highest BCUT2D eigenvalue weighted by molar-refractivity contribution is 6.30. The first-order valence-electron chi connectivity index (χ1n) is 11.5. The highest BCUT2D eigenvalue weighted by Crippen LogP contribution is 2.33. The Morgan fingerprint density at radius 1 is 0.500 bits per heavy atom. The number of nitro benzene ring substituents is 2. The molecule has 184 valence electrons. The van der Waals surface area contributed by atoms with Crippen molar-refractivity contribution in [2.75, 3.05) is 0 Å². The van der Waals surface area contributed by atoms with Crippen molar-refractivity contribution in [2.45, 2.75) is 0 Å². The molecule has 0 bridgehead atoms. The Balaban J connectivity index is 1.48. The molecule has 0 aliphatic heterocycles. The number of nitro groups is 2. The van der Waals surface area contributed by atoms with Crippen LogP contribution >= 0.6 is 0 Å². The summed E-state index contributed by atoms with van der Waals surface area (Å²) in [7, 11) is 0. The summed E-state index contributed by atoms with van der Waals surface area (Å²) >= 11 is 0. The van der Waals surface area contributed by atoms with E-state index >= 15 is 0 Å². The topological polar surface area (TPSA) is 120 Å². The van der Waals surface area contributed by atoms with Crippen molar-refractivity contribution in [1.29, 1.82) is 0 Å². The molecule has 4 aromatic carbocycles. The quantitative estimate of drug-likeness (QED) is 0.146. The van der Waals surface area contributed by atoms with Crippen molar-refractivity contribution < 1.29 is 19.4 Å². The summed E-state index contributed by atoms with van der Waals surface area (Å²) in [5.41, 5.74) is 3.72. The first kappa shape index (κ1) is 24.2. The first-order valence-corrected chi connectivity index (χ1v) is 11.5. The highest BCUT2D eigenvalue weighted by atomic mass is 16.6. The van der Waals surface area contributed by atoms with Crippen molar-refractivity contribution in [3.05, 3.63) is 150 Å². The van der Waals surface area contributed by atoms with E-state index < -0.39 is 9.85 Å². The monoisotopic (exact) mass is 502 g/mol. The lowest BCUT2D eigenvalue weighted by Crippen LogP contribution is -2.23. The van der Waals surface area contributed by atoms with Crippen molar-refractivity contribution in [3.8, 4) is 0 Å². The summed E-state index contributed by atoms with van der Waals surface area (Å²) in [6.07, 6.45) is 6.90. The molecule has 0 atom stereocenters. The van der Waals surface area contributed by atoms with Crippen LogP contribution in [0, 0.1) is 20.2 Å². The molecule has 0 N–H and O–H groups in total. The molecule has 0 saturated heterocycles. The third-order valence-electron chi connectivity index (χ3n) is 6.26. The molecule has 0 amide bonds. The molecule has 0 saturated carbocycles. The van der Waals surface area contributed by atoms with E-state index in [0.717, 1.165) is 0 Å². The average Bonchev–Trinajstić information content (AvgIpc) is 2.93. The van der Waals surface area contributed by atoms with Gasteiger partial charge in [0, 0.05) is 46.5 Å². The van der Waals surface area contributed by atoms with Crippen LogP contribution in [-0.2, 0) is 0 Å². The standard InChI is InChI=1S/C30H18N2O6/c33-29-25-5-1-3-21(13-7-19-9-15-23(16-10-19)31(35)36)27(25)30(34)26-6-2-4-22(28(26)29)14-8-20-11-17-24(18-12-20)32(37)38/h1-18H. The SMILES string of the molecule is O=C1c2cccc(C=Cc3ccc([N+](=O)[O-])cc3)c2C(=O)c2cccc(C=Cc3ccc([N+](=O)[O-])cc3)c21. The van der Waals surface area contributed by atoms with Gasteiger partial charge in [0.15, 0.2) is 11.6 Å². The van der Waals surface area contributed by atoms with Crippen LogP contribution in [0.25, 0.3) is 24.3 Å². The summed E-state index contributed by atoms with van der Waals surface area (Å²) in [5, 5.41) is 21.8. The molecule has 38 heavy (non-hydrogen) atoms. The molecule has 4 aromatic rings. The Morgan fingerprint density at radius 2 is 0.868 bits per heavy atom. The van der Waals surface area contributed by atoms with Crippen LogP contribution in [0.5, 0.6) is 0 Å². The van der Waals surface area contributed by atoms with Crippen LogP contribution in [-0.4, -0.2) is 21.4 Å². The maximum absolute atomic E-state index is 13.6. The summed E-state index contributed by atoms with van der Waals surface area (Å²) < 4.78 is 0. The Morgan fingerprint density at radius 3 is 1.21 bits per heavy atom.